The molecule has 1 aromatic carbocycles. The lowest BCUT2D eigenvalue weighted by molar-refractivity contribution is -0.142. The highest BCUT2D eigenvalue weighted by atomic mass is 16.5. The Kier molecular flexibility index (Phi) is 3.57. The Morgan fingerprint density at radius 3 is 2.61 bits per heavy atom. The molecule has 98 valence electrons. The van der Waals surface area contributed by atoms with Crippen molar-refractivity contribution in [3.05, 3.63) is 29.8 Å². The van der Waals surface area contributed by atoms with Crippen LogP contribution in [0, 0.1) is 0 Å². The molecular formula is C14H19NO3. The number of rotatable bonds is 3. The van der Waals surface area contributed by atoms with Crippen LogP contribution in [0.4, 0.5) is 5.69 Å². The second kappa shape index (κ2) is 4.98. The summed E-state index contributed by atoms with van der Waals surface area (Å²) < 4.78 is 5.32. The second-order valence-electron chi connectivity index (χ2n) is 5.08. The zero-order chi connectivity index (χ0) is 13.2. The van der Waals surface area contributed by atoms with Crippen LogP contribution in [0.15, 0.2) is 24.3 Å². The molecule has 0 saturated carbocycles. The number of carbonyl (C=O) groups is 1. The Labute approximate surface area is 107 Å². The van der Waals surface area contributed by atoms with E-state index in [-0.39, 0.29) is 0 Å². The molecule has 1 aliphatic rings. The topological polar surface area (TPSA) is 49.8 Å². The molecule has 0 radical (unpaired) electrons. The zero-order valence-electron chi connectivity index (χ0n) is 10.8. The number of ether oxygens (including phenoxy) is 1. The number of hydrogen-bond acceptors (Lipinski definition) is 3. The molecule has 0 unspecified atom stereocenters. The predicted molar refractivity (Wildman–Crippen MR) is 70.1 cm³/mol. The molecule has 0 bridgehead atoms. The first-order valence-corrected chi connectivity index (χ1v) is 6.18. The lowest BCUT2D eigenvalue weighted by Gasteiger charge is -2.30. The van der Waals surface area contributed by atoms with Gasteiger partial charge in [-0.15, -0.1) is 0 Å². The van der Waals surface area contributed by atoms with Gasteiger partial charge in [-0.3, -0.25) is 4.79 Å². The van der Waals surface area contributed by atoms with E-state index in [0.717, 1.165) is 37.6 Å². The summed E-state index contributed by atoms with van der Waals surface area (Å²) in [5.74, 6) is -0.804. The van der Waals surface area contributed by atoms with Crippen LogP contribution in [-0.2, 0) is 14.9 Å². The van der Waals surface area contributed by atoms with Gasteiger partial charge in [0.1, 0.15) is 0 Å². The van der Waals surface area contributed by atoms with Crippen molar-refractivity contribution >= 4 is 11.7 Å². The first-order valence-electron chi connectivity index (χ1n) is 6.18. The van der Waals surface area contributed by atoms with E-state index in [2.05, 4.69) is 4.90 Å². The molecule has 0 amide bonds. The van der Waals surface area contributed by atoms with Crippen molar-refractivity contribution in [3.63, 3.8) is 0 Å². The maximum atomic E-state index is 11.3. The van der Waals surface area contributed by atoms with Crippen LogP contribution in [-0.4, -0.2) is 37.4 Å². The Balaban J connectivity index is 2.27. The number of benzene rings is 1. The quantitative estimate of drug-likeness (QED) is 0.888. The monoisotopic (exact) mass is 249 g/mol. The summed E-state index contributed by atoms with van der Waals surface area (Å²) in [7, 11) is 0. The van der Waals surface area contributed by atoms with Crippen molar-refractivity contribution in [2.45, 2.75) is 19.3 Å². The summed E-state index contributed by atoms with van der Waals surface area (Å²) in [5.41, 5.74) is 1.05. The largest absolute Gasteiger partial charge is 0.481 e. The predicted octanol–water partition coefficient (Wildman–Crippen LogP) is 1.89. The maximum Gasteiger partial charge on any atom is 0.313 e. The first-order chi connectivity index (χ1) is 8.51. The van der Waals surface area contributed by atoms with Crippen molar-refractivity contribution in [2.24, 2.45) is 0 Å². The molecule has 0 atom stereocenters. The zero-order valence-corrected chi connectivity index (χ0v) is 10.8. The van der Waals surface area contributed by atoms with Gasteiger partial charge in [0.15, 0.2) is 0 Å². The molecule has 0 aliphatic carbocycles. The number of hydrogen-bond donors (Lipinski definition) is 1. The van der Waals surface area contributed by atoms with E-state index in [1.54, 1.807) is 13.8 Å². The Morgan fingerprint density at radius 2 is 2.00 bits per heavy atom. The second-order valence-corrected chi connectivity index (χ2v) is 5.08. The third kappa shape index (κ3) is 2.48. The van der Waals surface area contributed by atoms with Crippen molar-refractivity contribution in [3.8, 4) is 0 Å². The molecule has 1 aromatic rings. The summed E-state index contributed by atoms with van der Waals surface area (Å²) in [6, 6.07) is 7.79. The van der Waals surface area contributed by atoms with Crippen molar-refractivity contribution in [1.29, 1.82) is 0 Å². The Hall–Kier alpha value is -1.55. The van der Waals surface area contributed by atoms with Crippen LogP contribution in [0.5, 0.6) is 0 Å². The van der Waals surface area contributed by atoms with Gasteiger partial charge in [0.25, 0.3) is 0 Å². The fraction of sp³-hybridized carbons (Fsp3) is 0.500. The Bertz CT molecular complexity index is 436. The average Bonchev–Trinajstić information content (AvgIpc) is 2.40. The molecule has 0 spiro atoms. The van der Waals surface area contributed by atoms with Gasteiger partial charge in [-0.2, -0.15) is 0 Å². The third-order valence-electron chi connectivity index (χ3n) is 3.48. The summed E-state index contributed by atoms with van der Waals surface area (Å²) in [4.78, 5) is 13.5. The molecule has 1 heterocycles. The van der Waals surface area contributed by atoms with E-state index in [0.29, 0.717) is 0 Å². The summed E-state index contributed by atoms with van der Waals surface area (Å²) >= 11 is 0. The van der Waals surface area contributed by atoms with E-state index in [1.165, 1.54) is 0 Å². The van der Waals surface area contributed by atoms with Crippen molar-refractivity contribution < 1.29 is 14.6 Å². The van der Waals surface area contributed by atoms with Crippen LogP contribution in [0.25, 0.3) is 0 Å². The molecule has 18 heavy (non-hydrogen) atoms. The summed E-state index contributed by atoms with van der Waals surface area (Å²) in [6.07, 6.45) is 0. The SMILES string of the molecule is CC(C)(C(=O)O)c1cccc(N2CCOCC2)c1. The van der Waals surface area contributed by atoms with Crippen molar-refractivity contribution in [2.75, 3.05) is 31.2 Å². The standard InChI is InChI=1S/C14H19NO3/c1-14(2,13(16)17)11-4-3-5-12(10-11)15-6-8-18-9-7-15/h3-5,10H,6-9H2,1-2H3,(H,16,17). The number of anilines is 1. The van der Waals surface area contributed by atoms with Gasteiger partial charge < -0.3 is 14.7 Å². The maximum absolute atomic E-state index is 11.3. The van der Waals surface area contributed by atoms with E-state index in [9.17, 15) is 9.90 Å². The summed E-state index contributed by atoms with van der Waals surface area (Å²) in [6.45, 7) is 6.63. The molecule has 0 aromatic heterocycles. The van der Waals surface area contributed by atoms with E-state index in [1.807, 2.05) is 24.3 Å². The average molecular weight is 249 g/mol. The minimum Gasteiger partial charge on any atom is -0.481 e. The van der Waals surface area contributed by atoms with Crippen LogP contribution in [0.2, 0.25) is 0 Å². The van der Waals surface area contributed by atoms with Crippen LogP contribution >= 0.6 is 0 Å². The van der Waals surface area contributed by atoms with E-state index in [4.69, 9.17) is 4.74 Å². The van der Waals surface area contributed by atoms with Crippen LogP contribution in [0.1, 0.15) is 19.4 Å². The number of morpholine rings is 1. The van der Waals surface area contributed by atoms with Gasteiger partial charge in [0.2, 0.25) is 0 Å². The van der Waals surface area contributed by atoms with Gasteiger partial charge >= 0.3 is 5.97 Å². The highest BCUT2D eigenvalue weighted by Crippen LogP contribution is 2.27. The number of carboxylic acids is 1. The lowest BCUT2D eigenvalue weighted by Crippen LogP contribution is -2.36. The van der Waals surface area contributed by atoms with E-state index >= 15 is 0 Å². The van der Waals surface area contributed by atoms with Crippen LogP contribution in [0.3, 0.4) is 0 Å². The minimum absolute atomic E-state index is 0.729. The molecule has 1 saturated heterocycles. The lowest BCUT2D eigenvalue weighted by atomic mass is 9.84. The molecular weight excluding hydrogens is 230 g/mol. The number of aliphatic carboxylic acids is 1. The number of nitrogens with zero attached hydrogens (tertiary/aromatic N) is 1. The number of carboxylic acid groups (broad SMARTS) is 1. The smallest absolute Gasteiger partial charge is 0.313 e. The van der Waals surface area contributed by atoms with E-state index < -0.39 is 11.4 Å². The van der Waals surface area contributed by atoms with Gasteiger partial charge in [-0.1, -0.05) is 12.1 Å². The van der Waals surface area contributed by atoms with Gasteiger partial charge in [-0.25, -0.2) is 0 Å². The third-order valence-corrected chi connectivity index (χ3v) is 3.48. The fourth-order valence-corrected chi connectivity index (χ4v) is 2.04. The van der Waals surface area contributed by atoms with Crippen molar-refractivity contribution in [1.82, 2.24) is 0 Å². The first kappa shape index (κ1) is 12.9. The molecule has 1 N–H and O–H groups in total. The van der Waals surface area contributed by atoms with Gasteiger partial charge in [0.05, 0.1) is 18.6 Å². The fourth-order valence-electron chi connectivity index (χ4n) is 2.04. The molecule has 4 heteroatoms. The normalized spacial score (nSPS) is 16.7. The molecule has 4 nitrogen and oxygen atoms in total. The minimum atomic E-state index is -0.859. The summed E-state index contributed by atoms with van der Waals surface area (Å²) in [5, 5.41) is 9.26. The van der Waals surface area contributed by atoms with Gasteiger partial charge in [0, 0.05) is 18.8 Å². The molecule has 1 fully saturated rings. The molecule has 1 aliphatic heterocycles. The van der Waals surface area contributed by atoms with Crippen LogP contribution < -0.4 is 4.90 Å². The highest BCUT2D eigenvalue weighted by Gasteiger charge is 2.29. The highest BCUT2D eigenvalue weighted by molar-refractivity contribution is 5.80. The Morgan fingerprint density at radius 1 is 1.33 bits per heavy atom. The molecule has 2 rings (SSSR count). The van der Waals surface area contributed by atoms with Gasteiger partial charge in [-0.05, 0) is 31.5 Å².